The van der Waals surface area contributed by atoms with Crippen molar-refractivity contribution in [1.29, 1.82) is 0 Å². The third kappa shape index (κ3) is 4.01. The lowest BCUT2D eigenvalue weighted by atomic mass is 9.90. The predicted molar refractivity (Wildman–Crippen MR) is 104 cm³/mol. The second-order valence-electron chi connectivity index (χ2n) is 6.63. The molecule has 1 aromatic carbocycles. The van der Waals surface area contributed by atoms with E-state index in [0.29, 0.717) is 13.1 Å². The van der Waals surface area contributed by atoms with Crippen LogP contribution in [0.25, 0.3) is 5.69 Å². The van der Waals surface area contributed by atoms with Gasteiger partial charge in [0.2, 0.25) is 0 Å². The van der Waals surface area contributed by atoms with E-state index in [9.17, 15) is 9.90 Å². The summed E-state index contributed by atoms with van der Waals surface area (Å²) in [5.74, 6) is 0.199. The van der Waals surface area contributed by atoms with E-state index in [1.54, 1.807) is 28.6 Å². The number of urea groups is 1. The second-order valence-corrected chi connectivity index (χ2v) is 7.61. The summed E-state index contributed by atoms with van der Waals surface area (Å²) in [6.07, 6.45) is 4.39. The Bertz CT molecular complexity index is 873. The van der Waals surface area contributed by atoms with E-state index in [1.807, 2.05) is 46.7 Å². The summed E-state index contributed by atoms with van der Waals surface area (Å²) in [4.78, 5) is 15.4. The SMILES string of the molecule is O=C(Nc1cccc(-n2cnnc2)c1)N1CCC(C(O)c2cccs2)CC1. The highest BCUT2D eigenvalue weighted by Gasteiger charge is 2.28. The Hall–Kier alpha value is -2.71. The number of benzene rings is 1. The number of rotatable bonds is 4. The minimum atomic E-state index is -0.435. The fourth-order valence-electron chi connectivity index (χ4n) is 3.39. The first kappa shape index (κ1) is 17.7. The summed E-state index contributed by atoms with van der Waals surface area (Å²) in [7, 11) is 0. The van der Waals surface area contributed by atoms with Crippen LogP contribution in [0.2, 0.25) is 0 Å². The number of aliphatic hydroxyl groups is 1. The number of hydrogen-bond acceptors (Lipinski definition) is 5. The Balaban J connectivity index is 1.34. The van der Waals surface area contributed by atoms with Crippen LogP contribution in [0.15, 0.2) is 54.4 Å². The lowest BCUT2D eigenvalue weighted by molar-refractivity contribution is 0.0708. The highest BCUT2D eigenvalue weighted by Crippen LogP contribution is 2.33. The number of amides is 2. The Kier molecular flexibility index (Phi) is 5.17. The van der Waals surface area contributed by atoms with Gasteiger partial charge in [0.25, 0.3) is 0 Å². The Morgan fingerprint density at radius 1 is 1.19 bits per heavy atom. The fourth-order valence-corrected chi connectivity index (χ4v) is 4.19. The molecule has 3 heterocycles. The number of aromatic nitrogens is 3. The molecule has 3 aromatic rings. The molecule has 140 valence electrons. The van der Waals surface area contributed by atoms with Gasteiger partial charge in [-0.3, -0.25) is 4.57 Å². The van der Waals surface area contributed by atoms with Gasteiger partial charge in [0.15, 0.2) is 0 Å². The molecule has 0 saturated carbocycles. The van der Waals surface area contributed by atoms with E-state index < -0.39 is 6.10 Å². The van der Waals surface area contributed by atoms with Crippen LogP contribution in [0.3, 0.4) is 0 Å². The molecule has 7 nitrogen and oxygen atoms in total. The molecule has 0 radical (unpaired) electrons. The zero-order valence-electron chi connectivity index (χ0n) is 14.7. The van der Waals surface area contributed by atoms with E-state index in [4.69, 9.17) is 0 Å². The number of thiophene rings is 1. The second kappa shape index (κ2) is 7.89. The average Bonchev–Trinajstić information content (AvgIpc) is 3.42. The Morgan fingerprint density at radius 2 is 1.96 bits per heavy atom. The van der Waals surface area contributed by atoms with Crippen LogP contribution in [0.4, 0.5) is 10.5 Å². The molecule has 1 fully saturated rings. The number of carbonyl (C=O) groups excluding carboxylic acids is 1. The maximum atomic E-state index is 12.6. The number of nitrogens with zero attached hydrogens (tertiary/aromatic N) is 4. The van der Waals surface area contributed by atoms with E-state index in [2.05, 4.69) is 15.5 Å². The zero-order valence-corrected chi connectivity index (χ0v) is 15.5. The van der Waals surface area contributed by atoms with Crippen LogP contribution in [0, 0.1) is 5.92 Å². The molecular formula is C19H21N5O2S. The molecule has 1 atom stereocenters. The van der Waals surface area contributed by atoms with Crippen LogP contribution < -0.4 is 5.32 Å². The highest BCUT2D eigenvalue weighted by atomic mass is 32.1. The third-order valence-electron chi connectivity index (χ3n) is 4.92. The molecule has 0 spiro atoms. The summed E-state index contributed by atoms with van der Waals surface area (Å²) in [6.45, 7) is 1.29. The molecule has 2 amide bonds. The van der Waals surface area contributed by atoms with E-state index in [0.717, 1.165) is 29.1 Å². The average molecular weight is 383 g/mol. The van der Waals surface area contributed by atoms with Gasteiger partial charge in [0.05, 0.1) is 11.8 Å². The van der Waals surface area contributed by atoms with E-state index >= 15 is 0 Å². The molecule has 1 aliphatic rings. The fraction of sp³-hybridized carbons (Fsp3) is 0.316. The molecule has 8 heteroatoms. The van der Waals surface area contributed by atoms with Crippen molar-refractivity contribution in [3.05, 3.63) is 59.3 Å². The van der Waals surface area contributed by atoms with Crippen LogP contribution >= 0.6 is 11.3 Å². The number of aliphatic hydroxyl groups excluding tert-OH is 1. The van der Waals surface area contributed by atoms with Gasteiger partial charge in [-0.2, -0.15) is 0 Å². The van der Waals surface area contributed by atoms with Crippen LogP contribution in [0.1, 0.15) is 23.8 Å². The van der Waals surface area contributed by atoms with Crippen molar-refractivity contribution in [2.45, 2.75) is 18.9 Å². The monoisotopic (exact) mass is 383 g/mol. The predicted octanol–water partition coefficient (Wildman–Crippen LogP) is 3.31. The molecule has 27 heavy (non-hydrogen) atoms. The van der Waals surface area contributed by atoms with Crippen LogP contribution in [-0.4, -0.2) is 43.9 Å². The molecule has 1 aliphatic heterocycles. The first-order valence-corrected chi connectivity index (χ1v) is 9.81. The van der Waals surface area contributed by atoms with Gasteiger partial charge in [-0.05, 0) is 48.4 Å². The molecular weight excluding hydrogens is 362 g/mol. The summed E-state index contributed by atoms with van der Waals surface area (Å²) < 4.78 is 1.78. The van der Waals surface area contributed by atoms with Crippen molar-refractivity contribution in [1.82, 2.24) is 19.7 Å². The van der Waals surface area contributed by atoms with E-state index in [1.165, 1.54) is 0 Å². The standard InChI is InChI=1S/C19H21N5O2S/c25-18(17-5-2-10-27-17)14-6-8-23(9-7-14)19(26)22-15-3-1-4-16(11-15)24-12-20-21-13-24/h1-5,10-14,18,25H,6-9H2,(H,22,26). The van der Waals surface area contributed by atoms with Crippen LogP contribution in [-0.2, 0) is 0 Å². The molecule has 2 aromatic heterocycles. The van der Waals surface area contributed by atoms with Crippen molar-refractivity contribution in [2.75, 3.05) is 18.4 Å². The number of likely N-dealkylation sites (tertiary alicyclic amines) is 1. The summed E-state index contributed by atoms with van der Waals surface area (Å²) in [5.41, 5.74) is 1.61. The molecule has 1 unspecified atom stereocenters. The quantitative estimate of drug-likeness (QED) is 0.724. The van der Waals surface area contributed by atoms with Crippen molar-refractivity contribution >= 4 is 23.1 Å². The minimum absolute atomic E-state index is 0.111. The van der Waals surface area contributed by atoms with Gasteiger partial charge in [0.1, 0.15) is 12.7 Å². The normalized spacial score (nSPS) is 16.3. The molecule has 0 aliphatic carbocycles. The van der Waals surface area contributed by atoms with Crippen molar-refractivity contribution in [3.8, 4) is 5.69 Å². The number of nitrogens with one attached hydrogen (secondary N) is 1. The summed E-state index contributed by atoms with van der Waals surface area (Å²) in [6, 6.07) is 11.4. The lowest BCUT2D eigenvalue weighted by Crippen LogP contribution is -2.42. The minimum Gasteiger partial charge on any atom is -0.387 e. The van der Waals surface area contributed by atoms with Gasteiger partial charge in [-0.15, -0.1) is 21.5 Å². The smallest absolute Gasteiger partial charge is 0.321 e. The number of carbonyl (C=O) groups is 1. The van der Waals surface area contributed by atoms with Gasteiger partial charge < -0.3 is 15.3 Å². The van der Waals surface area contributed by atoms with Crippen LogP contribution in [0.5, 0.6) is 0 Å². The highest BCUT2D eigenvalue weighted by molar-refractivity contribution is 7.10. The van der Waals surface area contributed by atoms with Crippen molar-refractivity contribution < 1.29 is 9.90 Å². The van der Waals surface area contributed by atoms with Crippen molar-refractivity contribution in [2.24, 2.45) is 5.92 Å². The Labute approximate surface area is 161 Å². The maximum absolute atomic E-state index is 12.6. The first-order chi connectivity index (χ1) is 13.2. The molecule has 0 bridgehead atoms. The molecule has 2 N–H and O–H groups in total. The third-order valence-corrected chi connectivity index (χ3v) is 5.87. The molecule has 1 saturated heterocycles. The lowest BCUT2D eigenvalue weighted by Gasteiger charge is -2.34. The largest absolute Gasteiger partial charge is 0.387 e. The van der Waals surface area contributed by atoms with Gasteiger partial charge >= 0.3 is 6.03 Å². The number of hydrogen-bond donors (Lipinski definition) is 2. The summed E-state index contributed by atoms with van der Waals surface area (Å²) >= 11 is 1.58. The Morgan fingerprint density at radius 3 is 2.67 bits per heavy atom. The van der Waals surface area contributed by atoms with Crippen molar-refractivity contribution in [3.63, 3.8) is 0 Å². The number of anilines is 1. The molecule has 4 rings (SSSR count). The van der Waals surface area contributed by atoms with Gasteiger partial charge in [0, 0.05) is 23.7 Å². The summed E-state index contributed by atoms with van der Waals surface area (Å²) in [5, 5.41) is 23.0. The van der Waals surface area contributed by atoms with Gasteiger partial charge in [-0.1, -0.05) is 12.1 Å². The first-order valence-electron chi connectivity index (χ1n) is 8.93. The van der Waals surface area contributed by atoms with E-state index in [-0.39, 0.29) is 11.9 Å². The van der Waals surface area contributed by atoms with Gasteiger partial charge in [-0.25, -0.2) is 4.79 Å². The number of piperidine rings is 1. The maximum Gasteiger partial charge on any atom is 0.321 e. The topological polar surface area (TPSA) is 83.3 Å². The zero-order chi connectivity index (χ0) is 18.6.